The Kier molecular flexibility index (Phi) is 4.02. The smallest absolute Gasteiger partial charge is 0.0404 e. The highest BCUT2D eigenvalue weighted by Crippen LogP contribution is 2.33. The van der Waals surface area contributed by atoms with Gasteiger partial charge < -0.3 is 10.2 Å². The number of aryl methyl sites for hydroxylation is 1. The minimum atomic E-state index is 0.196. The highest BCUT2D eigenvalue weighted by atomic mass is 79.9. The highest BCUT2D eigenvalue weighted by Gasteiger charge is 2.33. The standard InChI is InChI=1S/C15H23BrN2/c1-11-9-13(16)5-6-14(11)18-12(2)10-17-8-7-15(18,3)4/h5-6,9,12,17H,7-8,10H2,1-4H3. The van der Waals surface area contributed by atoms with Gasteiger partial charge in [-0.15, -0.1) is 0 Å². The maximum absolute atomic E-state index is 3.55. The molecule has 1 atom stereocenters. The van der Waals surface area contributed by atoms with Crippen molar-refractivity contribution in [1.29, 1.82) is 0 Å². The van der Waals surface area contributed by atoms with E-state index in [-0.39, 0.29) is 5.54 Å². The Labute approximate surface area is 119 Å². The van der Waals surface area contributed by atoms with E-state index in [9.17, 15) is 0 Å². The van der Waals surface area contributed by atoms with Crippen LogP contribution in [0.4, 0.5) is 5.69 Å². The fraction of sp³-hybridized carbons (Fsp3) is 0.600. The van der Waals surface area contributed by atoms with E-state index < -0.39 is 0 Å². The van der Waals surface area contributed by atoms with Gasteiger partial charge in [0.05, 0.1) is 0 Å². The van der Waals surface area contributed by atoms with Crippen LogP contribution in [0.25, 0.3) is 0 Å². The minimum absolute atomic E-state index is 0.196. The largest absolute Gasteiger partial charge is 0.362 e. The average Bonchev–Trinajstić information content (AvgIpc) is 2.39. The number of nitrogens with one attached hydrogen (secondary N) is 1. The van der Waals surface area contributed by atoms with Crippen LogP contribution >= 0.6 is 15.9 Å². The predicted molar refractivity (Wildman–Crippen MR) is 82.4 cm³/mol. The summed E-state index contributed by atoms with van der Waals surface area (Å²) in [5.41, 5.74) is 2.90. The SMILES string of the molecule is Cc1cc(Br)ccc1N1C(C)CNCCC1(C)C. The molecule has 1 N–H and O–H groups in total. The molecule has 0 bridgehead atoms. The lowest BCUT2D eigenvalue weighted by atomic mass is 9.95. The van der Waals surface area contributed by atoms with E-state index in [1.54, 1.807) is 0 Å². The summed E-state index contributed by atoms with van der Waals surface area (Å²) in [7, 11) is 0. The van der Waals surface area contributed by atoms with Gasteiger partial charge >= 0.3 is 0 Å². The van der Waals surface area contributed by atoms with Gasteiger partial charge in [0.25, 0.3) is 0 Å². The molecule has 0 saturated carbocycles. The molecule has 18 heavy (non-hydrogen) atoms. The molecule has 0 aromatic heterocycles. The molecule has 1 aromatic carbocycles. The number of halogens is 1. The van der Waals surface area contributed by atoms with E-state index in [0.717, 1.165) is 17.6 Å². The lowest BCUT2D eigenvalue weighted by molar-refractivity contribution is 0.425. The van der Waals surface area contributed by atoms with Gasteiger partial charge in [-0.25, -0.2) is 0 Å². The van der Waals surface area contributed by atoms with E-state index >= 15 is 0 Å². The average molecular weight is 311 g/mol. The van der Waals surface area contributed by atoms with Crippen molar-refractivity contribution < 1.29 is 0 Å². The first-order valence-corrected chi connectivity index (χ1v) is 7.47. The van der Waals surface area contributed by atoms with Gasteiger partial charge in [0.1, 0.15) is 0 Å². The Balaban J connectivity index is 2.43. The lowest BCUT2D eigenvalue weighted by Gasteiger charge is -2.43. The summed E-state index contributed by atoms with van der Waals surface area (Å²) < 4.78 is 1.15. The molecule has 1 fully saturated rings. The Morgan fingerprint density at radius 2 is 2.11 bits per heavy atom. The van der Waals surface area contributed by atoms with Gasteiger partial charge in [-0.1, -0.05) is 15.9 Å². The maximum Gasteiger partial charge on any atom is 0.0404 e. The Bertz CT molecular complexity index is 429. The summed E-state index contributed by atoms with van der Waals surface area (Å²) in [6, 6.07) is 7.10. The maximum atomic E-state index is 3.55. The van der Waals surface area contributed by atoms with Crippen molar-refractivity contribution in [2.75, 3.05) is 18.0 Å². The van der Waals surface area contributed by atoms with Crippen molar-refractivity contribution in [2.24, 2.45) is 0 Å². The van der Waals surface area contributed by atoms with Crippen LogP contribution < -0.4 is 10.2 Å². The molecule has 100 valence electrons. The van der Waals surface area contributed by atoms with Crippen LogP contribution in [-0.2, 0) is 0 Å². The number of nitrogens with zero attached hydrogens (tertiary/aromatic N) is 1. The molecule has 1 saturated heterocycles. The first-order chi connectivity index (χ1) is 8.42. The summed E-state index contributed by atoms with van der Waals surface area (Å²) in [5, 5.41) is 3.53. The molecule has 2 nitrogen and oxygen atoms in total. The molecule has 1 aliphatic heterocycles. The fourth-order valence-corrected chi connectivity index (χ4v) is 3.44. The Morgan fingerprint density at radius 3 is 2.78 bits per heavy atom. The summed E-state index contributed by atoms with van der Waals surface area (Å²) in [5.74, 6) is 0. The summed E-state index contributed by atoms with van der Waals surface area (Å²) in [6.07, 6.45) is 1.17. The third-order valence-corrected chi connectivity index (χ3v) is 4.36. The van der Waals surface area contributed by atoms with Crippen molar-refractivity contribution in [1.82, 2.24) is 5.32 Å². The van der Waals surface area contributed by atoms with Crippen LogP contribution in [0.5, 0.6) is 0 Å². The van der Waals surface area contributed by atoms with E-state index in [1.807, 2.05) is 0 Å². The van der Waals surface area contributed by atoms with Crippen molar-refractivity contribution in [3.8, 4) is 0 Å². The van der Waals surface area contributed by atoms with Gasteiger partial charge in [0.15, 0.2) is 0 Å². The quantitative estimate of drug-likeness (QED) is 0.850. The zero-order chi connectivity index (χ0) is 13.3. The predicted octanol–water partition coefficient (Wildman–Crippen LogP) is 3.72. The molecule has 0 amide bonds. The number of anilines is 1. The molecule has 0 aliphatic carbocycles. The van der Waals surface area contributed by atoms with Crippen LogP contribution in [0.15, 0.2) is 22.7 Å². The topological polar surface area (TPSA) is 15.3 Å². The minimum Gasteiger partial charge on any atom is -0.362 e. The molecule has 1 unspecified atom stereocenters. The molecule has 3 heteroatoms. The van der Waals surface area contributed by atoms with E-state index in [0.29, 0.717) is 6.04 Å². The van der Waals surface area contributed by atoms with Gasteiger partial charge in [-0.05, 0) is 64.4 Å². The van der Waals surface area contributed by atoms with E-state index in [2.05, 4.69) is 72.0 Å². The van der Waals surface area contributed by atoms with Gasteiger partial charge in [0.2, 0.25) is 0 Å². The molecular weight excluding hydrogens is 288 g/mol. The second kappa shape index (κ2) is 5.22. The zero-order valence-electron chi connectivity index (χ0n) is 11.8. The first kappa shape index (κ1) is 13.9. The Hall–Kier alpha value is -0.540. The molecule has 2 rings (SSSR count). The van der Waals surface area contributed by atoms with Crippen LogP contribution in [0, 0.1) is 6.92 Å². The molecule has 0 spiro atoms. The van der Waals surface area contributed by atoms with E-state index in [4.69, 9.17) is 0 Å². The molecule has 1 heterocycles. The molecule has 1 aromatic rings. The van der Waals surface area contributed by atoms with Gasteiger partial charge in [0, 0.05) is 28.3 Å². The van der Waals surface area contributed by atoms with E-state index in [1.165, 1.54) is 17.7 Å². The number of hydrogen-bond donors (Lipinski definition) is 1. The first-order valence-electron chi connectivity index (χ1n) is 6.68. The number of hydrogen-bond acceptors (Lipinski definition) is 2. The number of rotatable bonds is 1. The van der Waals surface area contributed by atoms with Crippen molar-refractivity contribution in [2.45, 2.75) is 45.7 Å². The fourth-order valence-electron chi connectivity index (χ4n) is 2.97. The second-order valence-corrected chi connectivity index (χ2v) is 6.83. The summed E-state index contributed by atoms with van der Waals surface area (Å²) >= 11 is 3.55. The van der Waals surface area contributed by atoms with Crippen LogP contribution in [0.3, 0.4) is 0 Å². The van der Waals surface area contributed by atoms with Gasteiger partial charge in [-0.3, -0.25) is 0 Å². The van der Waals surface area contributed by atoms with Crippen LogP contribution in [0.1, 0.15) is 32.8 Å². The highest BCUT2D eigenvalue weighted by molar-refractivity contribution is 9.10. The Morgan fingerprint density at radius 1 is 1.39 bits per heavy atom. The summed E-state index contributed by atoms with van der Waals surface area (Å²) in [6.45, 7) is 11.3. The van der Waals surface area contributed by atoms with Crippen molar-refractivity contribution in [3.05, 3.63) is 28.2 Å². The summed E-state index contributed by atoms with van der Waals surface area (Å²) in [4.78, 5) is 2.58. The zero-order valence-corrected chi connectivity index (χ0v) is 13.3. The molecule has 1 aliphatic rings. The normalized spacial score (nSPS) is 23.8. The van der Waals surface area contributed by atoms with Gasteiger partial charge in [-0.2, -0.15) is 0 Å². The van der Waals surface area contributed by atoms with Crippen molar-refractivity contribution >= 4 is 21.6 Å². The lowest BCUT2D eigenvalue weighted by Crippen LogP contribution is -2.50. The van der Waals surface area contributed by atoms with Crippen molar-refractivity contribution in [3.63, 3.8) is 0 Å². The second-order valence-electron chi connectivity index (χ2n) is 5.92. The third-order valence-electron chi connectivity index (χ3n) is 3.86. The number of benzene rings is 1. The van der Waals surface area contributed by atoms with Crippen LogP contribution in [-0.4, -0.2) is 24.7 Å². The monoisotopic (exact) mass is 310 g/mol. The third kappa shape index (κ3) is 2.72. The molecule has 0 radical (unpaired) electrons. The van der Waals surface area contributed by atoms with Crippen LogP contribution in [0.2, 0.25) is 0 Å². The molecular formula is C15H23BrN2.